The first-order chi connectivity index (χ1) is 9.52. The number of halogens is 1. The number of anilines is 1. The minimum atomic E-state index is -0.173. The van der Waals surface area contributed by atoms with E-state index in [1.807, 2.05) is 38.1 Å². The Bertz CT molecular complexity index is 446. The Morgan fingerprint density at radius 2 is 1.90 bits per heavy atom. The highest BCUT2D eigenvalue weighted by Crippen LogP contribution is 2.09. The molecular weight excluding hydrogens is 320 g/mol. The fraction of sp³-hybridized carbons (Fsp3) is 0.467. The summed E-state index contributed by atoms with van der Waals surface area (Å²) in [5.41, 5.74) is 1.92. The number of benzene rings is 1. The summed E-state index contributed by atoms with van der Waals surface area (Å²) in [5, 5.41) is 5.54. The number of aryl methyl sites for hydroxylation is 1. The summed E-state index contributed by atoms with van der Waals surface area (Å²) < 4.78 is 0. The normalized spacial score (nSPS) is 11.8. The van der Waals surface area contributed by atoms with Crippen LogP contribution in [0, 0.1) is 6.92 Å². The number of nitrogens with one attached hydrogen (secondary N) is 2. The van der Waals surface area contributed by atoms with Gasteiger partial charge in [-0.1, -0.05) is 47.0 Å². The molecule has 0 unspecified atom stereocenters. The van der Waals surface area contributed by atoms with Crippen molar-refractivity contribution in [3.8, 4) is 0 Å². The highest BCUT2D eigenvalue weighted by atomic mass is 79.9. The lowest BCUT2D eigenvalue weighted by Crippen LogP contribution is -2.33. The summed E-state index contributed by atoms with van der Waals surface area (Å²) in [6.45, 7) is 4.37. The molecule has 2 amide bonds. The lowest BCUT2D eigenvalue weighted by molar-refractivity contribution is -0.120. The average Bonchev–Trinajstić information content (AvgIpc) is 2.41. The third kappa shape index (κ3) is 6.19. The molecule has 2 N–H and O–H groups in total. The molecule has 0 spiro atoms. The quantitative estimate of drug-likeness (QED) is 0.749. The van der Waals surface area contributed by atoms with Crippen LogP contribution in [0.5, 0.6) is 0 Å². The maximum absolute atomic E-state index is 11.7. The Morgan fingerprint density at radius 1 is 1.25 bits per heavy atom. The van der Waals surface area contributed by atoms with E-state index < -0.39 is 0 Å². The highest BCUT2D eigenvalue weighted by molar-refractivity contribution is 9.10. The van der Waals surface area contributed by atoms with E-state index in [0.29, 0.717) is 6.54 Å². The number of hydrogen-bond donors (Lipinski definition) is 2. The number of rotatable bonds is 7. The number of carbonyl (C=O) groups is 2. The van der Waals surface area contributed by atoms with Gasteiger partial charge < -0.3 is 10.6 Å². The van der Waals surface area contributed by atoms with Crippen molar-refractivity contribution in [3.63, 3.8) is 0 Å². The molecule has 0 aromatic heterocycles. The van der Waals surface area contributed by atoms with Crippen LogP contribution in [0.4, 0.5) is 5.69 Å². The zero-order valence-corrected chi connectivity index (χ0v) is 13.5. The summed E-state index contributed by atoms with van der Waals surface area (Å²) in [7, 11) is 0. The molecule has 0 heterocycles. The maximum Gasteiger partial charge on any atom is 0.233 e. The lowest BCUT2D eigenvalue weighted by Gasteiger charge is -2.10. The molecule has 110 valence electrons. The second kappa shape index (κ2) is 8.74. The van der Waals surface area contributed by atoms with Crippen LogP contribution in [0.2, 0.25) is 0 Å². The van der Waals surface area contributed by atoms with Crippen LogP contribution >= 0.6 is 15.9 Å². The summed E-state index contributed by atoms with van der Waals surface area (Å²) in [6, 6.07) is 7.61. The Balaban J connectivity index is 2.26. The SMILES string of the molecule is CCC[C@@H](Br)C(=O)NCCC(=O)Nc1ccc(C)cc1. The van der Waals surface area contributed by atoms with Gasteiger partial charge in [0, 0.05) is 18.7 Å². The van der Waals surface area contributed by atoms with Crippen molar-refractivity contribution in [1.29, 1.82) is 0 Å². The van der Waals surface area contributed by atoms with Gasteiger partial charge in [-0.3, -0.25) is 9.59 Å². The van der Waals surface area contributed by atoms with Gasteiger partial charge in [0.05, 0.1) is 4.83 Å². The van der Waals surface area contributed by atoms with E-state index in [4.69, 9.17) is 0 Å². The zero-order chi connectivity index (χ0) is 15.0. The average molecular weight is 341 g/mol. The van der Waals surface area contributed by atoms with Crippen molar-refractivity contribution in [2.75, 3.05) is 11.9 Å². The van der Waals surface area contributed by atoms with Crippen molar-refractivity contribution in [2.45, 2.75) is 37.9 Å². The monoisotopic (exact) mass is 340 g/mol. The molecule has 1 aromatic rings. The van der Waals surface area contributed by atoms with E-state index in [9.17, 15) is 9.59 Å². The van der Waals surface area contributed by atoms with E-state index in [1.165, 1.54) is 0 Å². The van der Waals surface area contributed by atoms with Gasteiger partial charge in [-0.2, -0.15) is 0 Å². The van der Waals surface area contributed by atoms with Gasteiger partial charge in [-0.05, 0) is 25.5 Å². The molecule has 0 saturated carbocycles. The topological polar surface area (TPSA) is 58.2 Å². The Morgan fingerprint density at radius 3 is 2.50 bits per heavy atom. The van der Waals surface area contributed by atoms with Crippen molar-refractivity contribution < 1.29 is 9.59 Å². The summed E-state index contributed by atoms with van der Waals surface area (Å²) in [4.78, 5) is 23.1. The first-order valence-corrected chi connectivity index (χ1v) is 7.72. The van der Waals surface area contributed by atoms with Crippen LogP contribution in [0.25, 0.3) is 0 Å². The van der Waals surface area contributed by atoms with Crippen LogP contribution in [0.3, 0.4) is 0 Å². The largest absolute Gasteiger partial charge is 0.355 e. The van der Waals surface area contributed by atoms with E-state index >= 15 is 0 Å². The molecule has 20 heavy (non-hydrogen) atoms. The lowest BCUT2D eigenvalue weighted by atomic mass is 10.2. The number of hydrogen-bond acceptors (Lipinski definition) is 2. The Labute approximate surface area is 128 Å². The van der Waals surface area contributed by atoms with Crippen LogP contribution in [0.15, 0.2) is 24.3 Å². The third-order valence-electron chi connectivity index (χ3n) is 2.81. The predicted molar refractivity (Wildman–Crippen MR) is 85.1 cm³/mol. The standard InChI is InChI=1S/C15H21BrN2O2/c1-3-4-13(16)15(20)17-10-9-14(19)18-12-7-5-11(2)6-8-12/h5-8,13H,3-4,9-10H2,1-2H3,(H,17,20)(H,18,19)/t13-/m1/s1. The van der Waals surface area contributed by atoms with Gasteiger partial charge >= 0.3 is 0 Å². The highest BCUT2D eigenvalue weighted by Gasteiger charge is 2.13. The summed E-state index contributed by atoms with van der Waals surface area (Å²) >= 11 is 3.32. The number of amides is 2. The molecule has 0 fully saturated rings. The molecule has 1 aromatic carbocycles. The molecule has 0 bridgehead atoms. The fourth-order valence-electron chi connectivity index (χ4n) is 1.65. The first kappa shape index (κ1) is 16.7. The number of alkyl halides is 1. The van der Waals surface area contributed by atoms with Gasteiger partial charge in [0.25, 0.3) is 0 Å². The van der Waals surface area contributed by atoms with Crippen LogP contribution in [0.1, 0.15) is 31.7 Å². The third-order valence-corrected chi connectivity index (χ3v) is 3.69. The molecule has 0 aliphatic heterocycles. The van der Waals surface area contributed by atoms with Crippen molar-refractivity contribution >= 4 is 33.4 Å². The molecule has 0 saturated heterocycles. The van der Waals surface area contributed by atoms with E-state index in [1.54, 1.807) is 0 Å². The van der Waals surface area contributed by atoms with Crippen molar-refractivity contribution in [1.82, 2.24) is 5.32 Å². The van der Waals surface area contributed by atoms with E-state index in [-0.39, 0.29) is 23.1 Å². The number of carbonyl (C=O) groups excluding carboxylic acids is 2. The predicted octanol–water partition coefficient (Wildman–Crippen LogP) is 3.00. The molecule has 5 heteroatoms. The van der Waals surface area contributed by atoms with Gasteiger partial charge in [-0.25, -0.2) is 0 Å². The van der Waals surface area contributed by atoms with E-state index in [0.717, 1.165) is 24.1 Å². The summed E-state index contributed by atoms with van der Waals surface area (Å²) in [5.74, 6) is -0.161. The van der Waals surface area contributed by atoms with Gasteiger partial charge in [0.2, 0.25) is 11.8 Å². The van der Waals surface area contributed by atoms with Crippen LogP contribution in [-0.4, -0.2) is 23.2 Å². The maximum atomic E-state index is 11.7. The molecule has 0 aliphatic rings. The van der Waals surface area contributed by atoms with Gasteiger partial charge in [-0.15, -0.1) is 0 Å². The van der Waals surface area contributed by atoms with Crippen molar-refractivity contribution in [3.05, 3.63) is 29.8 Å². The van der Waals surface area contributed by atoms with Crippen molar-refractivity contribution in [2.24, 2.45) is 0 Å². The summed E-state index contributed by atoms with van der Waals surface area (Å²) in [6.07, 6.45) is 2.00. The zero-order valence-electron chi connectivity index (χ0n) is 11.9. The second-order valence-corrected chi connectivity index (χ2v) is 5.82. The smallest absolute Gasteiger partial charge is 0.233 e. The van der Waals surface area contributed by atoms with E-state index in [2.05, 4.69) is 26.6 Å². The van der Waals surface area contributed by atoms with Crippen LogP contribution < -0.4 is 10.6 Å². The van der Waals surface area contributed by atoms with Crippen LogP contribution in [-0.2, 0) is 9.59 Å². The van der Waals surface area contributed by atoms with Gasteiger partial charge in [0.1, 0.15) is 0 Å². The fourth-order valence-corrected chi connectivity index (χ4v) is 2.27. The minimum absolute atomic E-state index is 0.0602. The molecule has 1 rings (SSSR count). The second-order valence-electron chi connectivity index (χ2n) is 4.71. The minimum Gasteiger partial charge on any atom is -0.355 e. The molecule has 0 aliphatic carbocycles. The molecule has 4 nitrogen and oxygen atoms in total. The Hall–Kier alpha value is -1.36. The Kier molecular flexibility index (Phi) is 7.30. The molecular formula is C15H21BrN2O2. The first-order valence-electron chi connectivity index (χ1n) is 6.81. The molecule has 0 radical (unpaired) electrons. The molecule has 1 atom stereocenters. The van der Waals surface area contributed by atoms with Gasteiger partial charge in [0.15, 0.2) is 0 Å².